The first-order valence-electron chi connectivity index (χ1n) is 5.49. The van der Waals surface area contributed by atoms with Gasteiger partial charge >= 0.3 is 0 Å². The lowest BCUT2D eigenvalue weighted by Gasteiger charge is -2.07. The van der Waals surface area contributed by atoms with Gasteiger partial charge in [-0.25, -0.2) is 4.98 Å². The van der Waals surface area contributed by atoms with E-state index in [-0.39, 0.29) is 28.9 Å². The van der Waals surface area contributed by atoms with Crippen molar-refractivity contribution >= 4 is 29.2 Å². The molecule has 0 saturated heterocycles. The van der Waals surface area contributed by atoms with Crippen molar-refractivity contribution in [1.82, 2.24) is 15.6 Å². The Bertz CT molecular complexity index is 467. The van der Waals surface area contributed by atoms with Gasteiger partial charge in [-0.1, -0.05) is 11.6 Å². The fourth-order valence-corrected chi connectivity index (χ4v) is 1.43. The predicted octanol–water partition coefficient (Wildman–Crippen LogP) is -0.190. The van der Waals surface area contributed by atoms with Crippen molar-refractivity contribution in [2.75, 3.05) is 32.5 Å². The number of nitrogens with zero attached hydrogens (tertiary/aromatic N) is 1. The number of methoxy groups -OCH3 is 1. The van der Waals surface area contributed by atoms with Crippen LogP contribution in [0.15, 0.2) is 12.3 Å². The SMILES string of the molecule is COCCNC(=O)CNC(=O)c1cc(N)ncc1Cl. The first-order chi connectivity index (χ1) is 9.04. The summed E-state index contributed by atoms with van der Waals surface area (Å²) in [7, 11) is 1.53. The highest BCUT2D eigenvalue weighted by molar-refractivity contribution is 6.33. The van der Waals surface area contributed by atoms with E-state index in [0.29, 0.717) is 13.2 Å². The summed E-state index contributed by atoms with van der Waals surface area (Å²) in [5.74, 6) is -0.622. The monoisotopic (exact) mass is 286 g/mol. The van der Waals surface area contributed by atoms with E-state index >= 15 is 0 Å². The number of aromatic nitrogens is 1. The summed E-state index contributed by atoms with van der Waals surface area (Å²) in [6, 6.07) is 1.35. The Labute approximate surface area is 115 Å². The summed E-state index contributed by atoms with van der Waals surface area (Å²) < 4.78 is 4.78. The molecule has 1 aromatic heterocycles. The first kappa shape index (κ1) is 15.2. The fourth-order valence-electron chi connectivity index (χ4n) is 1.24. The number of hydrogen-bond acceptors (Lipinski definition) is 5. The second kappa shape index (κ2) is 7.55. The molecule has 0 aliphatic heterocycles. The molecular formula is C11H15ClN4O3. The summed E-state index contributed by atoms with van der Waals surface area (Å²) in [6.45, 7) is 0.641. The molecule has 0 atom stereocenters. The van der Waals surface area contributed by atoms with Crippen LogP contribution in [0.2, 0.25) is 5.02 Å². The number of ether oxygens (including phenoxy) is 1. The van der Waals surface area contributed by atoms with Crippen molar-refractivity contribution in [2.24, 2.45) is 0 Å². The molecule has 7 nitrogen and oxygen atoms in total. The Kier molecular flexibility index (Phi) is 6.04. The molecule has 0 saturated carbocycles. The molecule has 0 fully saturated rings. The van der Waals surface area contributed by atoms with Crippen LogP contribution in [-0.2, 0) is 9.53 Å². The van der Waals surface area contributed by atoms with Gasteiger partial charge in [0.05, 0.1) is 23.7 Å². The molecule has 8 heteroatoms. The van der Waals surface area contributed by atoms with Gasteiger partial charge in [0, 0.05) is 19.9 Å². The van der Waals surface area contributed by atoms with E-state index in [4.69, 9.17) is 22.1 Å². The van der Waals surface area contributed by atoms with Crippen LogP contribution < -0.4 is 16.4 Å². The molecule has 0 radical (unpaired) electrons. The number of nitrogens with two attached hydrogens (primary N) is 1. The van der Waals surface area contributed by atoms with Crippen molar-refractivity contribution in [3.8, 4) is 0 Å². The van der Waals surface area contributed by atoms with E-state index in [1.165, 1.54) is 19.4 Å². The van der Waals surface area contributed by atoms with Crippen LogP contribution in [0.5, 0.6) is 0 Å². The zero-order valence-electron chi connectivity index (χ0n) is 10.4. The number of nitrogens with one attached hydrogen (secondary N) is 2. The van der Waals surface area contributed by atoms with E-state index in [2.05, 4.69) is 15.6 Å². The van der Waals surface area contributed by atoms with Crippen LogP contribution in [0, 0.1) is 0 Å². The van der Waals surface area contributed by atoms with Gasteiger partial charge in [-0.3, -0.25) is 9.59 Å². The van der Waals surface area contributed by atoms with Gasteiger partial charge in [0.15, 0.2) is 0 Å². The number of pyridine rings is 1. The largest absolute Gasteiger partial charge is 0.384 e. The Balaban J connectivity index is 2.47. The molecule has 19 heavy (non-hydrogen) atoms. The van der Waals surface area contributed by atoms with Gasteiger partial charge < -0.3 is 21.1 Å². The Morgan fingerprint density at radius 1 is 1.47 bits per heavy atom. The van der Waals surface area contributed by atoms with Crippen LogP contribution in [0.4, 0.5) is 5.82 Å². The minimum absolute atomic E-state index is 0.152. The van der Waals surface area contributed by atoms with Crippen molar-refractivity contribution in [3.05, 3.63) is 22.8 Å². The summed E-state index contributed by atoms with van der Waals surface area (Å²) in [5.41, 5.74) is 5.64. The highest BCUT2D eigenvalue weighted by Crippen LogP contribution is 2.15. The van der Waals surface area contributed by atoms with E-state index in [0.717, 1.165) is 0 Å². The molecule has 0 aliphatic rings. The summed E-state index contributed by atoms with van der Waals surface area (Å²) in [4.78, 5) is 26.9. The highest BCUT2D eigenvalue weighted by Gasteiger charge is 2.12. The maximum absolute atomic E-state index is 11.8. The second-order valence-corrected chi connectivity index (χ2v) is 4.02. The van der Waals surface area contributed by atoms with E-state index in [1.54, 1.807) is 0 Å². The van der Waals surface area contributed by atoms with Crippen molar-refractivity contribution in [3.63, 3.8) is 0 Å². The number of halogens is 1. The van der Waals surface area contributed by atoms with Crippen LogP contribution in [0.25, 0.3) is 0 Å². The van der Waals surface area contributed by atoms with Gasteiger partial charge in [-0.15, -0.1) is 0 Å². The molecule has 0 aromatic carbocycles. The Morgan fingerprint density at radius 2 is 2.21 bits per heavy atom. The van der Waals surface area contributed by atoms with E-state index < -0.39 is 5.91 Å². The van der Waals surface area contributed by atoms with Crippen LogP contribution in [0.3, 0.4) is 0 Å². The lowest BCUT2D eigenvalue weighted by molar-refractivity contribution is -0.120. The Hall–Kier alpha value is -1.86. The maximum Gasteiger partial charge on any atom is 0.253 e. The standard InChI is InChI=1S/C11H15ClN4O3/c1-19-3-2-14-10(17)6-16-11(18)7-4-9(13)15-5-8(7)12/h4-5H,2-3,6H2,1H3,(H2,13,15)(H,14,17)(H,16,18). The van der Waals surface area contributed by atoms with E-state index in [9.17, 15) is 9.59 Å². The average molecular weight is 287 g/mol. The van der Waals surface area contributed by atoms with Gasteiger partial charge in [0.2, 0.25) is 5.91 Å². The molecule has 1 rings (SSSR count). The first-order valence-corrected chi connectivity index (χ1v) is 5.87. The summed E-state index contributed by atoms with van der Waals surface area (Å²) >= 11 is 5.81. The molecule has 0 spiro atoms. The number of anilines is 1. The molecule has 1 aromatic rings. The minimum Gasteiger partial charge on any atom is -0.384 e. The normalized spacial score (nSPS) is 10.0. The zero-order valence-corrected chi connectivity index (χ0v) is 11.2. The number of rotatable bonds is 6. The number of hydrogen-bond donors (Lipinski definition) is 3. The summed E-state index contributed by atoms with van der Waals surface area (Å²) in [6.07, 6.45) is 1.28. The smallest absolute Gasteiger partial charge is 0.253 e. The molecular weight excluding hydrogens is 272 g/mol. The maximum atomic E-state index is 11.8. The lowest BCUT2D eigenvalue weighted by atomic mass is 10.2. The van der Waals surface area contributed by atoms with Crippen LogP contribution in [0.1, 0.15) is 10.4 Å². The van der Waals surface area contributed by atoms with Crippen LogP contribution >= 0.6 is 11.6 Å². The van der Waals surface area contributed by atoms with Crippen molar-refractivity contribution in [2.45, 2.75) is 0 Å². The molecule has 0 unspecified atom stereocenters. The average Bonchev–Trinajstić information content (AvgIpc) is 2.39. The molecule has 104 valence electrons. The second-order valence-electron chi connectivity index (χ2n) is 3.61. The highest BCUT2D eigenvalue weighted by atomic mass is 35.5. The Morgan fingerprint density at radius 3 is 2.89 bits per heavy atom. The quantitative estimate of drug-likeness (QED) is 0.629. The molecule has 2 amide bonds. The molecule has 0 bridgehead atoms. The lowest BCUT2D eigenvalue weighted by Crippen LogP contribution is -2.38. The molecule has 0 aliphatic carbocycles. The van der Waals surface area contributed by atoms with Crippen molar-refractivity contribution in [1.29, 1.82) is 0 Å². The van der Waals surface area contributed by atoms with Gasteiger partial charge in [-0.2, -0.15) is 0 Å². The third kappa shape index (κ3) is 5.11. The van der Waals surface area contributed by atoms with Gasteiger partial charge in [-0.05, 0) is 6.07 Å². The predicted molar refractivity (Wildman–Crippen MR) is 70.9 cm³/mol. The summed E-state index contributed by atoms with van der Waals surface area (Å²) in [5, 5.41) is 5.17. The van der Waals surface area contributed by atoms with Gasteiger partial charge in [0.1, 0.15) is 5.82 Å². The van der Waals surface area contributed by atoms with Crippen molar-refractivity contribution < 1.29 is 14.3 Å². The van der Waals surface area contributed by atoms with Gasteiger partial charge in [0.25, 0.3) is 5.91 Å². The van der Waals surface area contributed by atoms with Crippen LogP contribution in [-0.4, -0.2) is 43.6 Å². The number of carbonyl (C=O) groups excluding carboxylic acids is 2. The fraction of sp³-hybridized carbons (Fsp3) is 0.364. The number of amides is 2. The zero-order chi connectivity index (χ0) is 14.3. The third-order valence-corrected chi connectivity index (χ3v) is 2.46. The number of carbonyl (C=O) groups is 2. The number of nitrogen functional groups attached to an aromatic ring is 1. The topological polar surface area (TPSA) is 106 Å². The molecule has 4 N–H and O–H groups in total. The molecule has 1 heterocycles. The van der Waals surface area contributed by atoms with E-state index in [1.807, 2.05) is 0 Å². The minimum atomic E-state index is -0.485. The third-order valence-electron chi connectivity index (χ3n) is 2.16.